The standard InChI is InChI=1S/C7H9NO4.C6H7NO4/c1-5-2-6(10)8(7(5)11)3-12-4-9;8-4-11-3-7-5(9)1-2-6(7)10/h4-5H,2-3H2,1H3;4H,1-3H2. The van der Waals surface area contributed by atoms with E-state index in [1.165, 1.54) is 0 Å². The summed E-state index contributed by atoms with van der Waals surface area (Å²) < 4.78 is 8.57. The minimum absolute atomic E-state index is 0.207. The van der Waals surface area contributed by atoms with Gasteiger partial charge in [-0.05, 0) is 0 Å². The van der Waals surface area contributed by atoms with Crippen LogP contribution >= 0.6 is 0 Å². The van der Waals surface area contributed by atoms with E-state index in [9.17, 15) is 28.8 Å². The fourth-order valence-electron chi connectivity index (χ4n) is 1.96. The maximum atomic E-state index is 11.1. The van der Waals surface area contributed by atoms with E-state index < -0.39 is 0 Å². The highest BCUT2D eigenvalue weighted by Gasteiger charge is 2.35. The highest BCUT2D eigenvalue weighted by Crippen LogP contribution is 2.17. The van der Waals surface area contributed by atoms with E-state index in [-0.39, 0.29) is 75.2 Å². The Labute approximate surface area is 131 Å². The number of likely N-dealkylation sites (tertiary alicyclic amines) is 2. The Hall–Kier alpha value is -2.78. The van der Waals surface area contributed by atoms with Gasteiger partial charge in [-0.1, -0.05) is 6.92 Å². The molecule has 0 aromatic heterocycles. The van der Waals surface area contributed by atoms with Gasteiger partial charge < -0.3 is 9.47 Å². The summed E-state index contributed by atoms with van der Waals surface area (Å²) in [6.07, 6.45) is 0.656. The van der Waals surface area contributed by atoms with E-state index >= 15 is 0 Å². The van der Waals surface area contributed by atoms with Crippen LogP contribution in [0.5, 0.6) is 0 Å². The average Bonchev–Trinajstić information content (AvgIpc) is 2.96. The van der Waals surface area contributed by atoms with Gasteiger partial charge in [0.2, 0.25) is 23.6 Å². The largest absolute Gasteiger partial charge is 0.446 e. The van der Waals surface area contributed by atoms with Gasteiger partial charge in [-0.15, -0.1) is 0 Å². The van der Waals surface area contributed by atoms with Crippen molar-refractivity contribution in [1.29, 1.82) is 0 Å². The number of hydrogen-bond donors (Lipinski definition) is 0. The molecule has 2 saturated heterocycles. The second kappa shape index (κ2) is 8.61. The Bertz CT molecular complexity index is 502. The van der Waals surface area contributed by atoms with Gasteiger partial charge in [-0.3, -0.25) is 28.8 Å². The van der Waals surface area contributed by atoms with Crippen LogP contribution in [0.1, 0.15) is 26.2 Å². The van der Waals surface area contributed by atoms with Crippen LogP contribution in [0, 0.1) is 5.92 Å². The number of rotatable bonds is 6. The lowest BCUT2D eigenvalue weighted by atomic mass is 10.1. The lowest BCUT2D eigenvalue weighted by Gasteiger charge is -2.11. The van der Waals surface area contributed by atoms with Gasteiger partial charge in [-0.2, -0.15) is 0 Å². The van der Waals surface area contributed by atoms with E-state index in [4.69, 9.17) is 0 Å². The minimum atomic E-state index is -0.284. The smallest absolute Gasteiger partial charge is 0.294 e. The first kappa shape index (κ1) is 18.3. The molecule has 2 heterocycles. The number of ether oxygens (including phenoxy) is 2. The molecule has 0 N–H and O–H groups in total. The van der Waals surface area contributed by atoms with Crippen molar-refractivity contribution in [3.05, 3.63) is 0 Å². The minimum Gasteiger partial charge on any atom is -0.446 e. The molecule has 2 aliphatic rings. The quantitative estimate of drug-likeness (QED) is 0.438. The molecule has 2 rings (SSSR count). The number of nitrogens with zero attached hydrogens (tertiary/aromatic N) is 2. The summed E-state index contributed by atoms with van der Waals surface area (Å²) in [5, 5.41) is 0. The topological polar surface area (TPSA) is 127 Å². The molecule has 10 heteroatoms. The summed E-state index contributed by atoms with van der Waals surface area (Å²) in [6.45, 7) is 1.58. The van der Waals surface area contributed by atoms with Crippen molar-refractivity contribution in [2.45, 2.75) is 26.2 Å². The van der Waals surface area contributed by atoms with Gasteiger partial charge in [0.1, 0.15) is 0 Å². The zero-order chi connectivity index (χ0) is 17.4. The Morgan fingerprint density at radius 1 is 0.913 bits per heavy atom. The van der Waals surface area contributed by atoms with Crippen molar-refractivity contribution in [3.63, 3.8) is 0 Å². The molecular weight excluding hydrogens is 312 g/mol. The third-order valence-electron chi connectivity index (χ3n) is 3.17. The van der Waals surface area contributed by atoms with E-state index in [0.29, 0.717) is 0 Å². The molecule has 2 aliphatic heterocycles. The van der Waals surface area contributed by atoms with Crippen LogP contribution in [0.4, 0.5) is 0 Å². The third kappa shape index (κ3) is 4.87. The van der Waals surface area contributed by atoms with E-state index in [1.807, 2.05) is 0 Å². The molecule has 23 heavy (non-hydrogen) atoms. The van der Waals surface area contributed by atoms with Crippen molar-refractivity contribution in [1.82, 2.24) is 9.80 Å². The Morgan fingerprint density at radius 2 is 1.39 bits per heavy atom. The zero-order valence-electron chi connectivity index (χ0n) is 12.4. The number of carbonyl (C=O) groups excluding carboxylic acids is 6. The molecular formula is C13H16N2O8. The van der Waals surface area contributed by atoms with Gasteiger partial charge in [0, 0.05) is 25.2 Å². The summed E-state index contributed by atoms with van der Waals surface area (Å²) in [5.41, 5.74) is 0. The van der Waals surface area contributed by atoms with Crippen LogP contribution in [0.25, 0.3) is 0 Å². The number of carbonyl (C=O) groups is 6. The summed E-state index contributed by atoms with van der Waals surface area (Å²) in [4.78, 5) is 65.1. The maximum absolute atomic E-state index is 11.1. The van der Waals surface area contributed by atoms with Gasteiger partial charge in [0.05, 0.1) is 0 Å². The van der Waals surface area contributed by atoms with Crippen molar-refractivity contribution >= 4 is 36.6 Å². The van der Waals surface area contributed by atoms with Crippen molar-refractivity contribution in [2.24, 2.45) is 5.92 Å². The number of amides is 4. The molecule has 2 fully saturated rings. The van der Waals surface area contributed by atoms with Crippen LogP contribution < -0.4 is 0 Å². The van der Waals surface area contributed by atoms with Crippen LogP contribution in [0.2, 0.25) is 0 Å². The Morgan fingerprint density at radius 3 is 1.78 bits per heavy atom. The van der Waals surface area contributed by atoms with E-state index in [1.54, 1.807) is 6.92 Å². The number of imide groups is 2. The molecule has 126 valence electrons. The van der Waals surface area contributed by atoms with Crippen molar-refractivity contribution in [3.8, 4) is 0 Å². The van der Waals surface area contributed by atoms with Crippen molar-refractivity contribution in [2.75, 3.05) is 13.5 Å². The highest BCUT2D eigenvalue weighted by molar-refractivity contribution is 6.03. The molecule has 1 atom stereocenters. The molecule has 0 aliphatic carbocycles. The van der Waals surface area contributed by atoms with E-state index in [0.717, 1.165) is 9.80 Å². The van der Waals surface area contributed by atoms with Gasteiger partial charge in [-0.25, -0.2) is 9.80 Å². The molecule has 1 unspecified atom stereocenters. The molecule has 0 saturated carbocycles. The van der Waals surface area contributed by atoms with Gasteiger partial charge in [0.15, 0.2) is 13.5 Å². The monoisotopic (exact) mass is 328 g/mol. The second-order valence-electron chi connectivity index (χ2n) is 4.76. The van der Waals surface area contributed by atoms with Crippen LogP contribution in [-0.4, -0.2) is 59.8 Å². The third-order valence-corrected chi connectivity index (χ3v) is 3.17. The first-order valence-electron chi connectivity index (χ1n) is 6.70. The maximum Gasteiger partial charge on any atom is 0.294 e. The Kier molecular flexibility index (Phi) is 6.84. The first-order chi connectivity index (χ1) is 10.9. The predicted molar refractivity (Wildman–Crippen MR) is 70.8 cm³/mol. The van der Waals surface area contributed by atoms with Crippen molar-refractivity contribution < 1.29 is 38.2 Å². The normalized spacial score (nSPS) is 20.3. The molecule has 0 radical (unpaired) electrons. The summed E-state index contributed by atoms with van der Waals surface area (Å²) >= 11 is 0. The van der Waals surface area contributed by atoms with Crippen LogP contribution in [0.15, 0.2) is 0 Å². The summed E-state index contributed by atoms with van der Waals surface area (Å²) in [7, 11) is 0. The zero-order valence-corrected chi connectivity index (χ0v) is 12.4. The summed E-state index contributed by atoms with van der Waals surface area (Å²) in [6, 6.07) is 0. The second-order valence-corrected chi connectivity index (χ2v) is 4.76. The lowest BCUT2D eigenvalue weighted by Crippen LogP contribution is -2.32. The molecule has 0 spiro atoms. The predicted octanol–water partition coefficient (Wildman–Crippen LogP) is -1.22. The Balaban J connectivity index is 0.000000231. The average molecular weight is 328 g/mol. The molecule has 0 aromatic rings. The van der Waals surface area contributed by atoms with Gasteiger partial charge >= 0.3 is 0 Å². The van der Waals surface area contributed by atoms with Crippen LogP contribution in [-0.2, 0) is 38.2 Å². The van der Waals surface area contributed by atoms with Crippen LogP contribution in [0.3, 0.4) is 0 Å². The molecule has 0 bridgehead atoms. The molecule has 0 aromatic carbocycles. The first-order valence-corrected chi connectivity index (χ1v) is 6.70. The SMILES string of the molecule is CC1CC(=O)N(COC=O)C1=O.O=COCN1C(=O)CCC1=O. The fraction of sp³-hybridized carbons (Fsp3) is 0.538. The molecule has 4 amide bonds. The highest BCUT2D eigenvalue weighted by atomic mass is 16.5. The molecule has 10 nitrogen and oxygen atoms in total. The van der Waals surface area contributed by atoms with E-state index in [2.05, 4.69) is 9.47 Å². The lowest BCUT2D eigenvalue weighted by molar-refractivity contribution is -0.150. The van der Waals surface area contributed by atoms with Gasteiger partial charge in [0.25, 0.3) is 12.9 Å². The summed E-state index contributed by atoms with van der Waals surface area (Å²) in [5.74, 6) is -1.40. The fourth-order valence-corrected chi connectivity index (χ4v) is 1.96. The number of hydrogen-bond acceptors (Lipinski definition) is 8.